The molecule has 1 nitrogen and oxygen atoms in total. The first-order chi connectivity index (χ1) is 6.59. The molecule has 0 fully saturated rings. The summed E-state index contributed by atoms with van der Waals surface area (Å²) in [5.41, 5.74) is 0.993. The molecule has 0 aliphatic carbocycles. The molecule has 2 aromatic rings. The first-order valence-electron chi connectivity index (χ1n) is 4.34. The van der Waals surface area contributed by atoms with Gasteiger partial charge in [0.15, 0.2) is 0 Å². The predicted octanol–water partition coefficient (Wildman–Crippen LogP) is 4.84. The van der Waals surface area contributed by atoms with Gasteiger partial charge in [-0.05, 0) is 28.1 Å². The summed E-state index contributed by atoms with van der Waals surface area (Å²) < 4.78 is 2.01. The zero-order chi connectivity index (χ0) is 10.3. The molecule has 0 unspecified atom stereocenters. The van der Waals surface area contributed by atoms with E-state index in [0.29, 0.717) is 5.92 Å². The lowest BCUT2D eigenvalue weighted by atomic mass is 10.2. The fourth-order valence-corrected chi connectivity index (χ4v) is 2.94. The smallest absolute Gasteiger partial charge is 0.0964 e. The van der Waals surface area contributed by atoms with Gasteiger partial charge >= 0.3 is 0 Å². The number of aromatic nitrogens is 1. The van der Waals surface area contributed by atoms with Gasteiger partial charge in [-0.1, -0.05) is 25.4 Å². The van der Waals surface area contributed by atoms with Crippen LogP contribution in [0.5, 0.6) is 0 Å². The van der Waals surface area contributed by atoms with Gasteiger partial charge in [0.25, 0.3) is 0 Å². The Morgan fingerprint density at radius 2 is 2.14 bits per heavy atom. The average molecular weight is 291 g/mol. The third-order valence-corrected chi connectivity index (χ3v) is 4.74. The van der Waals surface area contributed by atoms with Gasteiger partial charge in [-0.15, -0.1) is 11.3 Å². The SMILES string of the molecule is CC(C)c1nc2ccc(Br)c(Cl)c2s1. The van der Waals surface area contributed by atoms with E-state index in [9.17, 15) is 0 Å². The fraction of sp³-hybridized carbons (Fsp3) is 0.300. The first kappa shape index (κ1) is 10.4. The molecule has 74 valence electrons. The van der Waals surface area contributed by atoms with Crippen LogP contribution in [0, 0.1) is 0 Å². The van der Waals surface area contributed by atoms with E-state index in [1.807, 2.05) is 12.1 Å². The fourth-order valence-electron chi connectivity index (χ4n) is 1.20. The molecule has 1 aromatic carbocycles. The monoisotopic (exact) mass is 289 g/mol. The van der Waals surface area contributed by atoms with Crippen molar-refractivity contribution in [3.63, 3.8) is 0 Å². The highest BCUT2D eigenvalue weighted by molar-refractivity contribution is 9.10. The van der Waals surface area contributed by atoms with Gasteiger partial charge in [0, 0.05) is 10.4 Å². The Balaban J connectivity index is 2.71. The van der Waals surface area contributed by atoms with E-state index in [2.05, 4.69) is 34.8 Å². The van der Waals surface area contributed by atoms with Crippen molar-refractivity contribution in [2.75, 3.05) is 0 Å². The first-order valence-corrected chi connectivity index (χ1v) is 6.32. The number of hydrogen-bond donors (Lipinski definition) is 0. The molecular weight excluding hydrogens is 282 g/mol. The van der Waals surface area contributed by atoms with Crippen LogP contribution in [0.25, 0.3) is 10.2 Å². The van der Waals surface area contributed by atoms with Crippen molar-refractivity contribution in [1.82, 2.24) is 4.98 Å². The quantitative estimate of drug-likeness (QED) is 0.732. The number of rotatable bonds is 1. The molecule has 0 bridgehead atoms. The Labute approximate surface area is 100 Å². The predicted molar refractivity (Wildman–Crippen MR) is 66.4 cm³/mol. The second-order valence-corrected chi connectivity index (χ2v) is 5.68. The minimum atomic E-state index is 0.460. The molecular formula is C10H9BrClNS. The van der Waals surface area contributed by atoms with Crippen LogP contribution in [-0.2, 0) is 0 Å². The standard InChI is InChI=1S/C10H9BrClNS/c1-5(2)10-13-7-4-3-6(11)8(12)9(7)14-10/h3-5H,1-2H3. The molecule has 1 aromatic heterocycles. The maximum Gasteiger partial charge on any atom is 0.0964 e. The lowest BCUT2D eigenvalue weighted by Crippen LogP contribution is -1.82. The van der Waals surface area contributed by atoms with Crippen molar-refractivity contribution in [2.45, 2.75) is 19.8 Å². The van der Waals surface area contributed by atoms with Crippen molar-refractivity contribution in [3.8, 4) is 0 Å². The van der Waals surface area contributed by atoms with E-state index >= 15 is 0 Å². The van der Waals surface area contributed by atoms with E-state index in [1.165, 1.54) is 0 Å². The van der Waals surface area contributed by atoms with E-state index in [0.717, 1.165) is 24.7 Å². The zero-order valence-corrected chi connectivity index (χ0v) is 11.0. The molecule has 0 aliphatic heterocycles. The summed E-state index contributed by atoms with van der Waals surface area (Å²) in [5, 5.41) is 1.91. The molecule has 0 aliphatic rings. The van der Waals surface area contributed by atoms with Crippen LogP contribution in [0.4, 0.5) is 0 Å². The lowest BCUT2D eigenvalue weighted by Gasteiger charge is -1.94. The van der Waals surface area contributed by atoms with E-state index in [-0.39, 0.29) is 0 Å². The zero-order valence-electron chi connectivity index (χ0n) is 7.84. The molecule has 4 heteroatoms. The van der Waals surface area contributed by atoms with Gasteiger partial charge in [0.2, 0.25) is 0 Å². The summed E-state index contributed by atoms with van der Waals surface area (Å²) in [5.74, 6) is 0.460. The normalized spacial score (nSPS) is 11.5. The number of fused-ring (bicyclic) bond motifs is 1. The lowest BCUT2D eigenvalue weighted by molar-refractivity contribution is 0.857. The van der Waals surface area contributed by atoms with Crippen molar-refractivity contribution >= 4 is 49.1 Å². The Morgan fingerprint density at radius 1 is 1.43 bits per heavy atom. The Bertz CT molecular complexity index is 478. The number of thiazole rings is 1. The summed E-state index contributed by atoms with van der Waals surface area (Å²) in [6.07, 6.45) is 0. The highest BCUT2D eigenvalue weighted by atomic mass is 79.9. The summed E-state index contributed by atoms with van der Waals surface area (Å²) in [6.45, 7) is 4.28. The van der Waals surface area contributed by atoms with Crippen LogP contribution in [0.2, 0.25) is 5.02 Å². The second kappa shape index (κ2) is 3.80. The number of benzene rings is 1. The Kier molecular flexibility index (Phi) is 2.82. The van der Waals surface area contributed by atoms with Gasteiger partial charge in [-0.2, -0.15) is 0 Å². The minimum absolute atomic E-state index is 0.460. The van der Waals surface area contributed by atoms with Gasteiger partial charge < -0.3 is 0 Å². The molecule has 0 atom stereocenters. The van der Waals surface area contributed by atoms with Gasteiger partial charge in [-0.3, -0.25) is 0 Å². The van der Waals surface area contributed by atoms with E-state index in [4.69, 9.17) is 11.6 Å². The Morgan fingerprint density at radius 3 is 2.79 bits per heavy atom. The number of nitrogens with zero attached hydrogens (tertiary/aromatic N) is 1. The summed E-state index contributed by atoms with van der Waals surface area (Å²) in [6, 6.07) is 3.93. The average Bonchev–Trinajstić information content (AvgIpc) is 2.56. The van der Waals surface area contributed by atoms with Crippen LogP contribution in [0.1, 0.15) is 24.8 Å². The molecule has 0 radical (unpaired) electrons. The van der Waals surface area contributed by atoms with Crippen molar-refractivity contribution < 1.29 is 0 Å². The van der Waals surface area contributed by atoms with Crippen LogP contribution >= 0.6 is 38.9 Å². The molecule has 0 amide bonds. The third-order valence-electron chi connectivity index (χ3n) is 1.96. The largest absolute Gasteiger partial charge is 0.241 e. The minimum Gasteiger partial charge on any atom is -0.241 e. The molecule has 2 rings (SSSR count). The molecule has 0 saturated heterocycles. The number of hydrogen-bond acceptors (Lipinski definition) is 2. The highest BCUT2D eigenvalue weighted by Crippen LogP contribution is 2.36. The molecule has 1 heterocycles. The van der Waals surface area contributed by atoms with Crippen molar-refractivity contribution in [3.05, 3.63) is 26.6 Å². The molecule has 14 heavy (non-hydrogen) atoms. The third kappa shape index (κ3) is 1.69. The topological polar surface area (TPSA) is 12.9 Å². The molecule has 0 spiro atoms. The number of halogens is 2. The summed E-state index contributed by atoms with van der Waals surface area (Å²) >= 11 is 11.3. The van der Waals surface area contributed by atoms with Crippen LogP contribution in [0.3, 0.4) is 0 Å². The van der Waals surface area contributed by atoms with Crippen LogP contribution < -0.4 is 0 Å². The second-order valence-electron chi connectivity index (χ2n) is 3.42. The van der Waals surface area contributed by atoms with Crippen LogP contribution in [0.15, 0.2) is 16.6 Å². The Hall–Kier alpha value is -0.120. The van der Waals surface area contributed by atoms with E-state index in [1.54, 1.807) is 11.3 Å². The molecule has 0 N–H and O–H groups in total. The van der Waals surface area contributed by atoms with Crippen LogP contribution in [-0.4, -0.2) is 4.98 Å². The van der Waals surface area contributed by atoms with Gasteiger partial charge in [0.05, 0.1) is 20.2 Å². The van der Waals surface area contributed by atoms with Gasteiger partial charge in [0.1, 0.15) is 0 Å². The summed E-state index contributed by atoms with van der Waals surface area (Å²) in [7, 11) is 0. The van der Waals surface area contributed by atoms with E-state index < -0.39 is 0 Å². The summed E-state index contributed by atoms with van der Waals surface area (Å²) in [4.78, 5) is 4.53. The maximum atomic E-state index is 6.17. The molecule has 0 saturated carbocycles. The highest BCUT2D eigenvalue weighted by Gasteiger charge is 2.11. The maximum absolute atomic E-state index is 6.17. The van der Waals surface area contributed by atoms with Gasteiger partial charge in [-0.25, -0.2) is 4.98 Å². The van der Waals surface area contributed by atoms with Crippen molar-refractivity contribution in [1.29, 1.82) is 0 Å². The van der Waals surface area contributed by atoms with Crippen molar-refractivity contribution in [2.24, 2.45) is 0 Å².